The van der Waals surface area contributed by atoms with Crippen molar-refractivity contribution in [1.29, 1.82) is 0 Å². The highest BCUT2D eigenvalue weighted by Gasteiger charge is 1.85. The van der Waals surface area contributed by atoms with Gasteiger partial charge in [-0.15, -0.1) is 6.42 Å². The second kappa shape index (κ2) is 2.78. The molecule has 0 fully saturated rings. The summed E-state index contributed by atoms with van der Waals surface area (Å²) in [5.74, 6) is 3.15. The van der Waals surface area contributed by atoms with Crippen molar-refractivity contribution in [3.05, 3.63) is 12.4 Å². The van der Waals surface area contributed by atoms with E-state index in [2.05, 4.69) is 21.2 Å². The summed E-state index contributed by atoms with van der Waals surface area (Å²) in [6, 6.07) is 0. The minimum atomic E-state index is 0.507. The molecule has 0 saturated carbocycles. The van der Waals surface area contributed by atoms with Crippen LogP contribution in [0.25, 0.3) is 0 Å². The van der Waals surface area contributed by atoms with Gasteiger partial charge in [0.1, 0.15) is 0 Å². The third-order valence-corrected chi connectivity index (χ3v) is 0.856. The van der Waals surface area contributed by atoms with Crippen molar-refractivity contribution in [3.8, 4) is 12.3 Å². The van der Waals surface area contributed by atoms with E-state index in [9.17, 15) is 0 Å². The number of hydrogen-bond donors (Lipinski definition) is 2. The SMILES string of the molecule is C#CCNc1ncc[nH]1. The molecule has 46 valence electrons. The minimum absolute atomic E-state index is 0.507. The maximum absolute atomic E-state index is 4.99. The van der Waals surface area contributed by atoms with Gasteiger partial charge in [0, 0.05) is 12.4 Å². The lowest BCUT2D eigenvalue weighted by molar-refractivity contribution is 1.22. The Hall–Kier alpha value is -1.43. The number of H-pyrrole nitrogens is 1. The zero-order valence-corrected chi connectivity index (χ0v) is 4.89. The first-order chi connectivity index (χ1) is 4.43. The first-order valence-electron chi connectivity index (χ1n) is 2.60. The zero-order chi connectivity index (χ0) is 6.53. The lowest BCUT2D eigenvalue weighted by Gasteiger charge is -1.92. The predicted octanol–water partition coefficient (Wildman–Crippen LogP) is 0.455. The number of imidazole rings is 1. The lowest BCUT2D eigenvalue weighted by Crippen LogP contribution is -1.99. The molecule has 9 heavy (non-hydrogen) atoms. The number of aromatic nitrogens is 2. The van der Waals surface area contributed by atoms with E-state index >= 15 is 0 Å². The molecule has 1 aromatic rings. The van der Waals surface area contributed by atoms with Crippen molar-refractivity contribution in [2.45, 2.75) is 0 Å². The Morgan fingerprint density at radius 3 is 3.33 bits per heavy atom. The van der Waals surface area contributed by atoms with Crippen molar-refractivity contribution in [1.82, 2.24) is 9.97 Å². The summed E-state index contributed by atoms with van der Waals surface area (Å²) in [5.41, 5.74) is 0. The first-order valence-corrected chi connectivity index (χ1v) is 2.60. The maximum Gasteiger partial charge on any atom is 0.200 e. The summed E-state index contributed by atoms with van der Waals surface area (Å²) in [4.78, 5) is 6.75. The van der Waals surface area contributed by atoms with Gasteiger partial charge in [-0.3, -0.25) is 0 Å². The van der Waals surface area contributed by atoms with E-state index in [1.54, 1.807) is 12.4 Å². The maximum atomic E-state index is 4.99. The largest absolute Gasteiger partial charge is 0.345 e. The van der Waals surface area contributed by atoms with Gasteiger partial charge in [0.25, 0.3) is 0 Å². The highest BCUT2D eigenvalue weighted by molar-refractivity contribution is 5.24. The number of nitrogens with zero attached hydrogens (tertiary/aromatic N) is 1. The molecule has 3 nitrogen and oxygen atoms in total. The van der Waals surface area contributed by atoms with E-state index in [0.717, 1.165) is 0 Å². The number of hydrogen-bond acceptors (Lipinski definition) is 2. The molecule has 1 heterocycles. The number of anilines is 1. The summed E-state index contributed by atoms with van der Waals surface area (Å²) in [6.45, 7) is 0.507. The van der Waals surface area contributed by atoms with Crippen LogP contribution >= 0.6 is 0 Å². The smallest absolute Gasteiger partial charge is 0.200 e. The van der Waals surface area contributed by atoms with Crippen molar-refractivity contribution >= 4 is 5.95 Å². The molecule has 0 aliphatic heterocycles. The molecule has 0 radical (unpaired) electrons. The molecule has 0 bridgehead atoms. The quantitative estimate of drug-likeness (QED) is 0.558. The van der Waals surface area contributed by atoms with Crippen LogP contribution in [0, 0.1) is 12.3 Å². The molecule has 0 aliphatic rings. The molecule has 2 N–H and O–H groups in total. The van der Waals surface area contributed by atoms with E-state index in [4.69, 9.17) is 6.42 Å². The fraction of sp³-hybridized carbons (Fsp3) is 0.167. The Bertz CT molecular complexity index is 195. The highest BCUT2D eigenvalue weighted by atomic mass is 15.1. The molecule has 0 saturated heterocycles. The van der Waals surface area contributed by atoms with E-state index in [1.807, 2.05) is 0 Å². The summed E-state index contributed by atoms with van der Waals surface area (Å²) in [5, 5.41) is 2.87. The van der Waals surface area contributed by atoms with Crippen molar-refractivity contribution in [2.75, 3.05) is 11.9 Å². The summed E-state index contributed by atoms with van der Waals surface area (Å²) in [7, 11) is 0. The van der Waals surface area contributed by atoms with Gasteiger partial charge in [0.2, 0.25) is 5.95 Å². The Labute approximate surface area is 53.5 Å². The minimum Gasteiger partial charge on any atom is -0.345 e. The van der Waals surface area contributed by atoms with Crippen LogP contribution < -0.4 is 5.32 Å². The van der Waals surface area contributed by atoms with Crippen LogP contribution in [0.3, 0.4) is 0 Å². The van der Waals surface area contributed by atoms with Crippen LogP contribution in [0.2, 0.25) is 0 Å². The molecule has 0 atom stereocenters. The summed E-state index contributed by atoms with van der Waals surface area (Å²) >= 11 is 0. The van der Waals surface area contributed by atoms with Crippen LogP contribution in [0.1, 0.15) is 0 Å². The number of rotatable bonds is 2. The zero-order valence-electron chi connectivity index (χ0n) is 4.89. The fourth-order valence-electron chi connectivity index (χ4n) is 0.497. The normalized spacial score (nSPS) is 8.33. The lowest BCUT2D eigenvalue weighted by atomic mass is 10.7. The van der Waals surface area contributed by atoms with Gasteiger partial charge in [-0.1, -0.05) is 5.92 Å². The van der Waals surface area contributed by atoms with Crippen LogP contribution in [-0.2, 0) is 0 Å². The van der Waals surface area contributed by atoms with Gasteiger partial charge in [0.15, 0.2) is 0 Å². The molecule has 1 rings (SSSR count). The number of nitrogens with one attached hydrogen (secondary N) is 2. The van der Waals surface area contributed by atoms with Crippen molar-refractivity contribution < 1.29 is 0 Å². The molecule has 0 aliphatic carbocycles. The Morgan fingerprint density at radius 2 is 2.78 bits per heavy atom. The third kappa shape index (κ3) is 1.50. The summed E-state index contributed by atoms with van der Waals surface area (Å²) in [6.07, 6.45) is 8.39. The van der Waals surface area contributed by atoms with E-state index in [-0.39, 0.29) is 0 Å². The average Bonchev–Trinajstić information content (AvgIpc) is 2.34. The summed E-state index contributed by atoms with van der Waals surface area (Å²) < 4.78 is 0. The van der Waals surface area contributed by atoms with Gasteiger partial charge in [0.05, 0.1) is 6.54 Å². The molecule has 0 amide bonds. The van der Waals surface area contributed by atoms with Crippen LogP contribution in [0.5, 0.6) is 0 Å². The Balaban J connectivity index is 2.41. The highest BCUT2D eigenvalue weighted by Crippen LogP contribution is 1.91. The fourth-order valence-corrected chi connectivity index (χ4v) is 0.497. The number of terminal acetylenes is 1. The molecule has 3 heteroatoms. The predicted molar refractivity (Wildman–Crippen MR) is 35.9 cm³/mol. The first kappa shape index (κ1) is 5.70. The molecule has 0 spiro atoms. The average molecular weight is 121 g/mol. The number of aromatic amines is 1. The monoisotopic (exact) mass is 121 g/mol. The van der Waals surface area contributed by atoms with Crippen LogP contribution in [-0.4, -0.2) is 16.5 Å². The van der Waals surface area contributed by atoms with Gasteiger partial charge in [-0.2, -0.15) is 0 Å². The third-order valence-electron chi connectivity index (χ3n) is 0.856. The van der Waals surface area contributed by atoms with E-state index in [0.29, 0.717) is 12.5 Å². The molecular formula is C6H7N3. The van der Waals surface area contributed by atoms with Gasteiger partial charge in [-0.25, -0.2) is 4.98 Å². The van der Waals surface area contributed by atoms with E-state index < -0.39 is 0 Å². The van der Waals surface area contributed by atoms with Crippen molar-refractivity contribution in [3.63, 3.8) is 0 Å². The molecule has 1 aromatic heterocycles. The standard InChI is InChI=1S/C6H7N3/c1-2-3-7-6-8-4-5-9-6/h1,4-5H,3H2,(H2,7,8,9). The van der Waals surface area contributed by atoms with E-state index in [1.165, 1.54) is 0 Å². The van der Waals surface area contributed by atoms with Crippen LogP contribution in [0.15, 0.2) is 12.4 Å². The Kier molecular flexibility index (Phi) is 1.76. The Morgan fingerprint density at radius 1 is 1.89 bits per heavy atom. The second-order valence-electron chi connectivity index (χ2n) is 1.50. The van der Waals surface area contributed by atoms with Crippen molar-refractivity contribution in [2.24, 2.45) is 0 Å². The second-order valence-corrected chi connectivity index (χ2v) is 1.50. The molecular weight excluding hydrogens is 114 g/mol. The van der Waals surface area contributed by atoms with Crippen LogP contribution in [0.4, 0.5) is 5.95 Å². The van der Waals surface area contributed by atoms with Gasteiger partial charge < -0.3 is 10.3 Å². The van der Waals surface area contributed by atoms with Gasteiger partial charge in [-0.05, 0) is 0 Å². The molecule has 0 unspecified atom stereocenters. The van der Waals surface area contributed by atoms with Gasteiger partial charge >= 0.3 is 0 Å². The molecule has 0 aromatic carbocycles. The topological polar surface area (TPSA) is 40.7 Å².